The normalized spacial score (nSPS) is 18.6. The van der Waals surface area contributed by atoms with Gasteiger partial charge in [0.05, 0.1) is 0 Å². The summed E-state index contributed by atoms with van der Waals surface area (Å²) in [6.07, 6.45) is 4.35. The van der Waals surface area contributed by atoms with Gasteiger partial charge in [-0.1, -0.05) is 43.2 Å². The van der Waals surface area contributed by atoms with Crippen molar-refractivity contribution in [2.75, 3.05) is 13.2 Å². The summed E-state index contributed by atoms with van der Waals surface area (Å²) in [5, 5.41) is 3.04. The molecule has 28 heavy (non-hydrogen) atoms. The monoisotopic (exact) mass is 402 g/mol. The number of ketones is 1. The van der Waals surface area contributed by atoms with E-state index in [1.54, 1.807) is 36.4 Å². The predicted molar refractivity (Wildman–Crippen MR) is 112 cm³/mol. The van der Waals surface area contributed by atoms with Crippen LogP contribution in [0.5, 0.6) is 5.75 Å². The van der Waals surface area contributed by atoms with Crippen LogP contribution in [0.2, 0.25) is 0 Å². The quantitative estimate of drug-likeness (QED) is 0.696. The average Bonchev–Trinajstić information content (AvgIpc) is 2.73. The first-order valence-corrected chi connectivity index (χ1v) is 9.49. The van der Waals surface area contributed by atoms with Gasteiger partial charge in [0.2, 0.25) is 0 Å². The third-order valence-corrected chi connectivity index (χ3v) is 5.08. The molecular formula is C22H27ClN2O3. The lowest BCUT2D eigenvalue weighted by atomic mass is 9.84. The Morgan fingerprint density at radius 2 is 1.61 bits per heavy atom. The van der Waals surface area contributed by atoms with Gasteiger partial charge in [-0.25, -0.2) is 0 Å². The lowest BCUT2D eigenvalue weighted by molar-refractivity contribution is -0.124. The van der Waals surface area contributed by atoms with Crippen molar-refractivity contribution in [1.29, 1.82) is 0 Å². The maximum absolute atomic E-state index is 12.4. The summed E-state index contributed by atoms with van der Waals surface area (Å²) in [4.78, 5) is 24.6. The Labute approximate surface area is 172 Å². The van der Waals surface area contributed by atoms with Crippen molar-refractivity contribution < 1.29 is 14.3 Å². The molecule has 6 heteroatoms. The molecule has 0 aromatic heterocycles. The number of amides is 1. The SMILES string of the molecule is Cl.NCC1CCCCC1NC(=O)COc1ccc(C(=O)c2ccccc2)cc1. The molecule has 150 valence electrons. The van der Waals surface area contributed by atoms with E-state index in [1.165, 1.54) is 6.42 Å². The van der Waals surface area contributed by atoms with Crippen molar-refractivity contribution >= 4 is 24.1 Å². The van der Waals surface area contributed by atoms with Crippen LogP contribution in [0, 0.1) is 5.92 Å². The Balaban J connectivity index is 0.00000280. The number of benzene rings is 2. The highest BCUT2D eigenvalue weighted by Crippen LogP contribution is 2.23. The fourth-order valence-corrected chi connectivity index (χ4v) is 3.54. The number of halogens is 1. The van der Waals surface area contributed by atoms with Gasteiger partial charge in [-0.05, 0) is 49.6 Å². The van der Waals surface area contributed by atoms with Crippen LogP contribution < -0.4 is 15.8 Å². The topological polar surface area (TPSA) is 81.4 Å². The Hall–Kier alpha value is -2.37. The summed E-state index contributed by atoms with van der Waals surface area (Å²) in [5.74, 6) is 0.745. The summed E-state index contributed by atoms with van der Waals surface area (Å²) >= 11 is 0. The molecule has 1 saturated carbocycles. The molecule has 3 rings (SSSR count). The zero-order valence-electron chi connectivity index (χ0n) is 15.8. The third-order valence-electron chi connectivity index (χ3n) is 5.08. The van der Waals surface area contributed by atoms with Crippen LogP contribution >= 0.6 is 12.4 Å². The zero-order chi connectivity index (χ0) is 19.1. The molecule has 5 nitrogen and oxygen atoms in total. The van der Waals surface area contributed by atoms with Crippen molar-refractivity contribution in [3.05, 3.63) is 65.7 Å². The fourth-order valence-electron chi connectivity index (χ4n) is 3.54. The molecule has 2 unspecified atom stereocenters. The van der Waals surface area contributed by atoms with Crippen molar-refractivity contribution in [3.8, 4) is 5.75 Å². The molecule has 0 radical (unpaired) electrons. The maximum atomic E-state index is 12.4. The van der Waals surface area contributed by atoms with Crippen molar-refractivity contribution in [1.82, 2.24) is 5.32 Å². The van der Waals surface area contributed by atoms with Crippen LogP contribution in [0.3, 0.4) is 0 Å². The van der Waals surface area contributed by atoms with E-state index in [9.17, 15) is 9.59 Å². The van der Waals surface area contributed by atoms with E-state index in [4.69, 9.17) is 10.5 Å². The first-order chi connectivity index (χ1) is 13.2. The molecule has 1 aliphatic rings. The lowest BCUT2D eigenvalue weighted by Crippen LogP contribution is -2.46. The maximum Gasteiger partial charge on any atom is 0.258 e. The Morgan fingerprint density at radius 1 is 0.964 bits per heavy atom. The lowest BCUT2D eigenvalue weighted by Gasteiger charge is -2.31. The third kappa shape index (κ3) is 5.81. The second-order valence-electron chi connectivity index (χ2n) is 6.96. The van der Waals surface area contributed by atoms with Crippen molar-refractivity contribution in [2.24, 2.45) is 11.7 Å². The predicted octanol–water partition coefficient (Wildman–Crippen LogP) is 3.35. The molecule has 1 fully saturated rings. The van der Waals surface area contributed by atoms with Gasteiger partial charge in [0.1, 0.15) is 5.75 Å². The number of carbonyl (C=O) groups excluding carboxylic acids is 2. The molecule has 0 spiro atoms. The number of nitrogens with two attached hydrogens (primary N) is 1. The summed E-state index contributed by atoms with van der Waals surface area (Å²) in [6, 6.07) is 16.1. The molecule has 2 atom stereocenters. The highest BCUT2D eigenvalue weighted by Gasteiger charge is 2.25. The molecule has 1 amide bonds. The average molecular weight is 403 g/mol. The van der Waals surface area contributed by atoms with Crippen molar-refractivity contribution in [2.45, 2.75) is 31.7 Å². The minimum atomic E-state index is -0.134. The number of ether oxygens (including phenoxy) is 1. The van der Waals surface area contributed by atoms with Crippen LogP contribution in [0.25, 0.3) is 0 Å². The smallest absolute Gasteiger partial charge is 0.258 e. The molecule has 3 N–H and O–H groups in total. The largest absolute Gasteiger partial charge is 0.484 e. The molecule has 0 heterocycles. The fraction of sp³-hybridized carbons (Fsp3) is 0.364. The first kappa shape index (κ1) is 21.9. The van der Waals surface area contributed by atoms with Crippen molar-refractivity contribution in [3.63, 3.8) is 0 Å². The van der Waals surface area contributed by atoms with E-state index >= 15 is 0 Å². The van der Waals surface area contributed by atoms with Crippen LogP contribution in [-0.4, -0.2) is 30.9 Å². The summed E-state index contributed by atoms with van der Waals surface area (Å²) in [6.45, 7) is 0.558. The standard InChI is InChI=1S/C22H26N2O3.ClH/c23-14-18-8-4-5-9-20(18)24-21(25)15-27-19-12-10-17(11-13-19)22(26)16-6-2-1-3-7-16;/h1-3,6-7,10-13,18,20H,4-5,8-9,14-15,23H2,(H,24,25);1H. The highest BCUT2D eigenvalue weighted by molar-refractivity contribution is 6.08. The molecule has 1 aliphatic carbocycles. The number of carbonyl (C=O) groups is 2. The minimum Gasteiger partial charge on any atom is -0.484 e. The summed E-state index contributed by atoms with van der Waals surface area (Å²) < 4.78 is 5.56. The summed E-state index contributed by atoms with van der Waals surface area (Å²) in [5.41, 5.74) is 7.04. The van der Waals surface area contributed by atoms with Gasteiger partial charge in [0, 0.05) is 17.2 Å². The van der Waals surface area contributed by atoms with Gasteiger partial charge in [0.25, 0.3) is 5.91 Å². The molecule has 0 aliphatic heterocycles. The van der Waals surface area contributed by atoms with E-state index in [2.05, 4.69) is 5.32 Å². The van der Waals surface area contributed by atoms with E-state index in [1.807, 2.05) is 18.2 Å². The van der Waals surface area contributed by atoms with E-state index in [-0.39, 0.29) is 36.7 Å². The molecule has 0 bridgehead atoms. The van der Waals surface area contributed by atoms with Gasteiger partial charge in [-0.15, -0.1) is 12.4 Å². The number of hydrogen-bond acceptors (Lipinski definition) is 4. The molecule has 2 aromatic rings. The molecule has 0 saturated heterocycles. The van der Waals surface area contributed by atoms with Crippen LogP contribution in [0.1, 0.15) is 41.6 Å². The van der Waals surface area contributed by atoms with Crippen LogP contribution in [0.4, 0.5) is 0 Å². The van der Waals surface area contributed by atoms with E-state index in [0.717, 1.165) is 19.3 Å². The molecular weight excluding hydrogens is 376 g/mol. The number of nitrogens with one attached hydrogen (secondary N) is 1. The van der Waals surface area contributed by atoms with Gasteiger partial charge >= 0.3 is 0 Å². The van der Waals surface area contributed by atoms with Gasteiger partial charge in [0.15, 0.2) is 12.4 Å². The van der Waals surface area contributed by atoms with Gasteiger partial charge in [-0.3, -0.25) is 9.59 Å². The van der Waals surface area contributed by atoms with Crippen LogP contribution in [0.15, 0.2) is 54.6 Å². The second-order valence-corrected chi connectivity index (χ2v) is 6.96. The van der Waals surface area contributed by atoms with E-state index < -0.39 is 0 Å². The summed E-state index contributed by atoms with van der Waals surface area (Å²) in [7, 11) is 0. The van der Waals surface area contributed by atoms with Crippen LogP contribution in [-0.2, 0) is 4.79 Å². The Bertz CT molecular complexity index is 765. The number of rotatable bonds is 7. The highest BCUT2D eigenvalue weighted by atomic mass is 35.5. The van der Waals surface area contributed by atoms with E-state index in [0.29, 0.717) is 29.3 Å². The van der Waals surface area contributed by atoms with Gasteiger partial charge < -0.3 is 15.8 Å². The number of hydrogen-bond donors (Lipinski definition) is 2. The molecule has 2 aromatic carbocycles. The minimum absolute atomic E-state index is 0. The Morgan fingerprint density at radius 3 is 2.29 bits per heavy atom. The zero-order valence-corrected chi connectivity index (χ0v) is 16.6. The Kier molecular flexibility index (Phi) is 8.48. The van der Waals surface area contributed by atoms with Gasteiger partial charge in [-0.2, -0.15) is 0 Å². The first-order valence-electron chi connectivity index (χ1n) is 9.49. The second kappa shape index (κ2) is 10.8.